The Morgan fingerprint density at radius 3 is 2.57 bits per heavy atom. The van der Waals surface area contributed by atoms with E-state index in [4.69, 9.17) is 9.47 Å². The molecule has 0 saturated heterocycles. The van der Waals surface area contributed by atoms with Crippen molar-refractivity contribution in [3.63, 3.8) is 0 Å². The molecule has 0 aliphatic heterocycles. The lowest BCUT2D eigenvalue weighted by Crippen LogP contribution is -2.34. The van der Waals surface area contributed by atoms with Gasteiger partial charge in [-0.2, -0.15) is 0 Å². The molecule has 1 N–H and O–H groups in total. The van der Waals surface area contributed by atoms with Crippen molar-refractivity contribution in [3.05, 3.63) is 0 Å². The van der Waals surface area contributed by atoms with Gasteiger partial charge in [0, 0.05) is 25.1 Å². The van der Waals surface area contributed by atoms with Crippen molar-refractivity contribution in [2.75, 3.05) is 33.5 Å². The number of methoxy groups -OCH3 is 1. The minimum atomic E-state index is 0.232. The zero-order chi connectivity index (χ0) is 10.4. The molecule has 0 amide bonds. The Hall–Kier alpha value is -0.120. The first kappa shape index (κ1) is 12.0. The Labute approximate surface area is 87.2 Å². The van der Waals surface area contributed by atoms with Crippen molar-refractivity contribution in [1.82, 2.24) is 5.32 Å². The lowest BCUT2D eigenvalue weighted by Gasteiger charge is -2.24. The van der Waals surface area contributed by atoms with Gasteiger partial charge in [0.15, 0.2) is 0 Å². The minimum Gasteiger partial charge on any atom is -0.382 e. The van der Waals surface area contributed by atoms with Crippen LogP contribution in [0, 0.1) is 5.41 Å². The smallest absolute Gasteiger partial charge is 0.0700 e. The van der Waals surface area contributed by atoms with E-state index in [0.717, 1.165) is 19.2 Å². The summed E-state index contributed by atoms with van der Waals surface area (Å²) >= 11 is 0. The molecule has 0 heterocycles. The number of nitrogens with one attached hydrogen (secondary N) is 1. The van der Waals surface area contributed by atoms with Crippen molar-refractivity contribution in [2.24, 2.45) is 5.41 Å². The zero-order valence-electron chi connectivity index (χ0n) is 9.64. The highest BCUT2D eigenvalue weighted by Gasteiger charge is 2.25. The summed E-state index contributed by atoms with van der Waals surface area (Å²) in [5, 5.41) is 3.53. The van der Waals surface area contributed by atoms with Gasteiger partial charge in [0.25, 0.3) is 0 Å². The fraction of sp³-hybridized carbons (Fsp3) is 1.00. The largest absolute Gasteiger partial charge is 0.382 e. The van der Waals surface area contributed by atoms with Gasteiger partial charge < -0.3 is 14.8 Å². The number of hydrogen-bond acceptors (Lipinski definition) is 3. The maximum Gasteiger partial charge on any atom is 0.0700 e. The Morgan fingerprint density at radius 2 is 2.00 bits per heavy atom. The first-order valence-corrected chi connectivity index (χ1v) is 5.44. The summed E-state index contributed by atoms with van der Waals surface area (Å²) in [5.41, 5.74) is 0.232. The quantitative estimate of drug-likeness (QED) is 0.603. The molecule has 0 spiro atoms. The van der Waals surface area contributed by atoms with Crippen LogP contribution < -0.4 is 5.32 Å². The molecule has 3 nitrogen and oxygen atoms in total. The highest BCUT2D eigenvalue weighted by Crippen LogP contribution is 2.21. The predicted octanol–water partition coefficient (Wildman–Crippen LogP) is 1.43. The van der Waals surface area contributed by atoms with E-state index in [2.05, 4.69) is 19.2 Å². The molecule has 1 fully saturated rings. The monoisotopic (exact) mass is 201 g/mol. The molecular formula is C11H23NO2. The summed E-state index contributed by atoms with van der Waals surface area (Å²) in [6.45, 7) is 7.70. The fourth-order valence-corrected chi connectivity index (χ4v) is 1.25. The van der Waals surface area contributed by atoms with Crippen LogP contribution in [0.1, 0.15) is 26.7 Å². The zero-order valence-corrected chi connectivity index (χ0v) is 9.64. The van der Waals surface area contributed by atoms with E-state index in [1.54, 1.807) is 7.11 Å². The highest BCUT2D eigenvalue weighted by molar-refractivity contribution is 4.83. The van der Waals surface area contributed by atoms with Crippen LogP contribution in [0.5, 0.6) is 0 Å². The van der Waals surface area contributed by atoms with E-state index in [1.807, 2.05) is 0 Å². The second-order valence-electron chi connectivity index (χ2n) is 4.86. The molecule has 0 aromatic heterocycles. The standard InChI is InChI=1S/C11H23NO2/c1-11(2,8-12-10-4-5-10)9-14-7-6-13-3/h10,12H,4-9H2,1-3H3. The van der Waals surface area contributed by atoms with E-state index < -0.39 is 0 Å². The third-order valence-corrected chi connectivity index (χ3v) is 2.37. The molecule has 1 saturated carbocycles. The lowest BCUT2D eigenvalue weighted by atomic mass is 9.95. The average Bonchev–Trinajstić information content (AvgIpc) is 2.93. The molecule has 0 radical (unpaired) electrons. The van der Waals surface area contributed by atoms with E-state index in [9.17, 15) is 0 Å². The van der Waals surface area contributed by atoms with Gasteiger partial charge in [0.2, 0.25) is 0 Å². The van der Waals surface area contributed by atoms with Gasteiger partial charge in [0.05, 0.1) is 19.8 Å². The van der Waals surface area contributed by atoms with E-state index >= 15 is 0 Å². The van der Waals surface area contributed by atoms with Crippen molar-refractivity contribution in [1.29, 1.82) is 0 Å². The van der Waals surface area contributed by atoms with Gasteiger partial charge in [0.1, 0.15) is 0 Å². The molecule has 0 unspecified atom stereocenters. The first-order valence-electron chi connectivity index (χ1n) is 5.44. The molecule has 0 aromatic carbocycles. The molecule has 0 bridgehead atoms. The van der Waals surface area contributed by atoms with Crippen molar-refractivity contribution in [3.8, 4) is 0 Å². The summed E-state index contributed by atoms with van der Waals surface area (Å²) in [4.78, 5) is 0. The van der Waals surface area contributed by atoms with Crippen LogP contribution in [0.25, 0.3) is 0 Å². The van der Waals surface area contributed by atoms with E-state index in [1.165, 1.54) is 12.8 Å². The molecule has 1 rings (SSSR count). The minimum absolute atomic E-state index is 0.232. The summed E-state index contributed by atoms with van der Waals surface area (Å²) in [6, 6.07) is 0.785. The Bertz CT molecular complexity index is 155. The second kappa shape index (κ2) is 5.69. The van der Waals surface area contributed by atoms with E-state index in [0.29, 0.717) is 13.2 Å². The number of hydrogen-bond donors (Lipinski definition) is 1. The average molecular weight is 201 g/mol. The van der Waals surface area contributed by atoms with Crippen LogP contribution in [0.3, 0.4) is 0 Å². The van der Waals surface area contributed by atoms with Crippen LogP contribution in [0.4, 0.5) is 0 Å². The molecule has 14 heavy (non-hydrogen) atoms. The van der Waals surface area contributed by atoms with Crippen molar-refractivity contribution < 1.29 is 9.47 Å². The topological polar surface area (TPSA) is 30.5 Å². The summed E-state index contributed by atoms with van der Waals surface area (Å²) in [6.07, 6.45) is 2.70. The van der Waals surface area contributed by atoms with Gasteiger partial charge in [-0.25, -0.2) is 0 Å². The molecule has 0 atom stereocenters. The fourth-order valence-electron chi connectivity index (χ4n) is 1.25. The van der Waals surface area contributed by atoms with Crippen LogP contribution in [0.2, 0.25) is 0 Å². The van der Waals surface area contributed by atoms with Gasteiger partial charge >= 0.3 is 0 Å². The summed E-state index contributed by atoms with van der Waals surface area (Å²) < 4.78 is 10.5. The molecule has 84 valence electrons. The van der Waals surface area contributed by atoms with Crippen molar-refractivity contribution >= 4 is 0 Å². The predicted molar refractivity (Wildman–Crippen MR) is 57.5 cm³/mol. The molecule has 0 aromatic rings. The van der Waals surface area contributed by atoms with Crippen molar-refractivity contribution in [2.45, 2.75) is 32.7 Å². The van der Waals surface area contributed by atoms with Crippen LogP contribution in [0.15, 0.2) is 0 Å². The van der Waals surface area contributed by atoms with Crippen LogP contribution >= 0.6 is 0 Å². The third-order valence-electron chi connectivity index (χ3n) is 2.37. The van der Waals surface area contributed by atoms with E-state index in [-0.39, 0.29) is 5.41 Å². The van der Waals surface area contributed by atoms with Crippen LogP contribution in [-0.2, 0) is 9.47 Å². The Morgan fingerprint density at radius 1 is 1.29 bits per heavy atom. The number of rotatable bonds is 8. The van der Waals surface area contributed by atoms with Gasteiger partial charge in [-0.3, -0.25) is 0 Å². The van der Waals surface area contributed by atoms with Gasteiger partial charge in [-0.15, -0.1) is 0 Å². The Kier molecular flexibility index (Phi) is 4.85. The van der Waals surface area contributed by atoms with Crippen LogP contribution in [-0.4, -0.2) is 39.5 Å². The summed E-state index contributed by atoms with van der Waals surface area (Å²) in [7, 11) is 1.70. The van der Waals surface area contributed by atoms with Gasteiger partial charge in [-0.05, 0) is 12.8 Å². The first-order chi connectivity index (χ1) is 6.64. The second-order valence-corrected chi connectivity index (χ2v) is 4.86. The molecule has 1 aliphatic rings. The SMILES string of the molecule is COCCOCC(C)(C)CNC1CC1. The Balaban J connectivity index is 1.99. The highest BCUT2D eigenvalue weighted by atomic mass is 16.5. The van der Waals surface area contributed by atoms with Gasteiger partial charge in [-0.1, -0.05) is 13.8 Å². The normalized spacial score (nSPS) is 17.4. The molecule has 3 heteroatoms. The molecule has 1 aliphatic carbocycles. The maximum absolute atomic E-state index is 5.53. The summed E-state index contributed by atoms with van der Waals surface area (Å²) in [5.74, 6) is 0. The lowest BCUT2D eigenvalue weighted by molar-refractivity contribution is 0.0279. The maximum atomic E-state index is 5.53. The number of ether oxygens (including phenoxy) is 2. The molecular weight excluding hydrogens is 178 g/mol. The third kappa shape index (κ3) is 5.58.